The Hall–Kier alpha value is -0.570. The number of hydrogen-bond acceptors (Lipinski definition) is 3. The predicted molar refractivity (Wildman–Crippen MR) is 88.5 cm³/mol. The number of carbonyl (C=O) groups is 1. The van der Waals surface area contributed by atoms with Gasteiger partial charge in [-0.25, -0.2) is 0 Å². The molecule has 0 amide bonds. The van der Waals surface area contributed by atoms with Crippen molar-refractivity contribution in [2.75, 3.05) is 19.8 Å². The first-order chi connectivity index (χ1) is 10.4. The molecule has 0 radical (unpaired) electrons. The highest BCUT2D eigenvalue weighted by Crippen LogP contribution is 2.11. The molecule has 0 aromatic carbocycles. The normalized spacial score (nSPS) is 10.7. The fraction of sp³-hybridized carbons (Fsp3) is 0.944. The maximum atomic E-state index is 9.90. The topological polar surface area (TPSA) is 35.5 Å². The highest BCUT2D eigenvalue weighted by Gasteiger charge is 1.94. The van der Waals surface area contributed by atoms with E-state index >= 15 is 0 Å². The minimum atomic E-state index is 0.474. The summed E-state index contributed by atoms with van der Waals surface area (Å²) >= 11 is 0. The highest BCUT2D eigenvalue weighted by molar-refractivity contribution is 5.36. The van der Waals surface area contributed by atoms with Crippen LogP contribution in [-0.2, 0) is 14.3 Å². The van der Waals surface area contributed by atoms with Crippen LogP contribution in [0.5, 0.6) is 0 Å². The van der Waals surface area contributed by atoms with Crippen LogP contribution in [-0.4, -0.2) is 26.3 Å². The summed E-state index contributed by atoms with van der Waals surface area (Å²) in [6.45, 7) is 4.78. The van der Waals surface area contributed by atoms with Gasteiger partial charge in [-0.05, 0) is 6.42 Å². The Labute approximate surface area is 131 Å². The van der Waals surface area contributed by atoms with Crippen LogP contribution in [0.2, 0.25) is 0 Å². The van der Waals surface area contributed by atoms with E-state index < -0.39 is 0 Å². The van der Waals surface area contributed by atoms with Crippen molar-refractivity contribution < 1.29 is 14.3 Å². The Kier molecular flexibility index (Phi) is 18.9. The lowest BCUT2D eigenvalue weighted by molar-refractivity contribution is -0.129. The molecule has 0 aliphatic heterocycles. The van der Waals surface area contributed by atoms with E-state index in [0.717, 1.165) is 19.4 Å². The fourth-order valence-corrected chi connectivity index (χ4v) is 2.44. The molecule has 0 aromatic heterocycles. The first kappa shape index (κ1) is 20.4. The second kappa shape index (κ2) is 19.4. The number of ether oxygens (including phenoxy) is 2. The van der Waals surface area contributed by atoms with Crippen LogP contribution in [0.15, 0.2) is 0 Å². The largest absolute Gasteiger partial charge is 0.468 e. The van der Waals surface area contributed by atoms with E-state index in [1.165, 1.54) is 70.6 Å². The van der Waals surface area contributed by atoms with Gasteiger partial charge in [0.1, 0.15) is 0 Å². The molecular weight excluding hydrogens is 264 g/mol. The summed E-state index contributed by atoms with van der Waals surface area (Å²) in [4.78, 5) is 9.90. The van der Waals surface area contributed by atoms with Crippen molar-refractivity contribution in [3.05, 3.63) is 0 Å². The Morgan fingerprint density at radius 3 is 1.62 bits per heavy atom. The van der Waals surface area contributed by atoms with E-state index in [4.69, 9.17) is 4.74 Å². The molecule has 0 N–H and O–H groups in total. The minimum absolute atomic E-state index is 0.474. The van der Waals surface area contributed by atoms with Crippen molar-refractivity contribution in [3.63, 3.8) is 0 Å². The number of rotatable bonds is 18. The second-order valence-corrected chi connectivity index (χ2v) is 5.82. The molecule has 21 heavy (non-hydrogen) atoms. The maximum Gasteiger partial charge on any atom is 0.293 e. The molecule has 3 nitrogen and oxygen atoms in total. The Balaban J connectivity index is 2.91. The van der Waals surface area contributed by atoms with Gasteiger partial charge in [0.15, 0.2) is 0 Å². The lowest BCUT2D eigenvalue weighted by Crippen LogP contribution is -2.01. The predicted octanol–water partition coefficient (Wildman–Crippen LogP) is 5.27. The van der Waals surface area contributed by atoms with Crippen LogP contribution in [0.4, 0.5) is 0 Å². The monoisotopic (exact) mass is 300 g/mol. The van der Waals surface area contributed by atoms with Gasteiger partial charge in [0.05, 0.1) is 6.61 Å². The average molecular weight is 300 g/mol. The fourth-order valence-electron chi connectivity index (χ4n) is 2.44. The summed E-state index contributed by atoms with van der Waals surface area (Å²) in [5.74, 6) is 0. The van der Waals surface area contributed by atoms with Crippen LogP contribution in [0.3, 0.4) is 0 Å². The van der Waals surface area contributed by atoms with Crippen molar-refractivity contribution in [2.24, 2.45) is 0 Å². The van der Waals surface area contributed by atoms with Crippen molar-refractivity contribution in [3.8, 4) is 0 Å². The molecule has 0 aromatic rings. The van der Waals surface area contributed by atoms with Crippen LogP contribution < -0.4 is 0 Å². The van der Waals surface area contributed by atoms with Gasteiger partial charge in [0.2, 0.25) is 0 Å². The van der Waals surface area contributed by atoms with E-state index in [0.29, 0.717) is 19.7 Å². The van der Waals surface area contributed by atoms with Crippen molar-refractivity contribution >= 4 is 6.47 Å². The number of hydrogen-bond donors (Lipinski definition) is 0. The van der Waals surface area contributed by atoms with E-state index in [1.54, 1.807) is 0 Å². The Bertz CT molecular complexity index is 195. The molecule has 0 atom stereocenters. The number of carbonyl (C=O) groups excluding carboxylic acids is 1. The third kappa shape index (κ3) is 19.4. The van der Waals surface area contributed by atoms with Crippen LogP contribution in [0, 0.1) is 0 Å². The molecule has 0 unspecified atom stereocenters. The summed E-state index contributed by atoms with van der Waals surface area (Å²) in [5.41, 5.74) is 0. The minimum Gasteiger partial charge on any atom is -0.468 e. The van der Waals surface area contributed by atoms with Crippen molar-refractivity contribution in [2.45, 2.75) is 90.4 Å². The van der Waals surface area contributed by atoms with Gasteiger partial charge in [-0.1, -0.05) is 77.6 Å². The maximum absolute atomic E-state index is 9.90. The van der Waals surface area contributed by atoms with E-state index in [2.05, 4.69) is 11.7 Å². The summed E-state index contributed by atoms with van der Waals surface area (Å²) in [6, 6.07) is 0. The summed E-state index contributed by atoms with van der Waals surface area (Å²) in [5, 5.41) is 0. The van der Waals surface area contributed by atoms with Gasteiger partial charge < -0.3 is 9.47 Å². The van der Waals surface area contributed by atoms with Gasteiger partial charge in [-0.2, -0.15) is 0 Å². The molecule has 0 aliphatic rings. The van der Waals surface area contributed by atoms with Gasteiger partial charge in [0, 0.05) is 19.6 Å². The van der Waals surface area contributed by atoms with Crippen LogP contribution in [0.1, 0.15) is 90.4 Å². The zero-order valence-corrected chi connectivity index (χ0v) is 14.1. The summed E-state index contributed by atoms with van der Waals surface area (Å²) in [7, 11) is 0. The third-order valence-electron chi connectivity index (χ3n) is 3.76. The first-order valence-corrected chi connectivity index (χ1v) is 9.04. The van der Waals surface area contributed by atoms with Gasteiger partial charge >= 0.3 is 0 Å². The summed E-state index contributed by atoms with van der Waals surface area (Å²) < 4.78 is 10.1. The molecule has 0 saturated heterocycles. The van der Waals surface area contributed by atoms with E-state index in [1.807, 2.05) is 0 Å². The molecule has 0 fully saturated rings. The molecule has 0 heterocycles. The third-order valence-corrected chi connectivity index (χ3v) is 3.76. The zero-order valence-electron chi connectivity index (χ0n) is 14.1. The number of unbranched alkanes of at least 4 members (excludes halogenated alkanes) is 11. The Morgan fingerprint density at radius 1 is 0.619 bits per heavy atom. The second-order valence-electron chi connectivity index (χ2n) is 5.82. The lowest BCUT2D eigenvalue weighted by atomic mass is 10.1. The van der Waals surface area contributed by atoms with Gasteiger partial charge in [-0.15, -0.1) is 0 Å². The SMILES string of the molecule is CCCCCCCCCCCCCCOCCCOC=O. The lowest BCUT2D eigenvalue weighted by Gasteiger charge is -2.04. The van der Waals surface area contributed by atoms with Gasteiger partial charge in [0.25, 0.3) is 6.47 Å². The average Bonchev–Trinajstić information content (AvgIpc) is 2.50. The molecule has 0 aliphatic carbocycles. The van der Waals surface area contributed by atoms with E-state index in [9.17, 15) is 4.79 Å². The molecule has 0 saturated carbocycles. The quantitative estimate of drug-likeness (QED) is 0.255. The molecule has 0 bridgehead atoms. The smallest absolute Gasteiger partial charge is 0.293 e. The Morgan fingerprint density at radius 2 is 1.10 bits per heavy atom. The summed E-state index contributed by atoms with van der Waals surface area (Å²) in [6.07, 6.45) is 17.2. The van der Waals surface area contributed by atoms with Crippen LogP contribution in [0.25, 0.3) is 0 Å². The molecular formula is C18H36O3. The molecule has 0 spiro atoms. The van der Waals surface area contributed by atoms with E-state index in [-0.39, 0.29) is 0 Å². The standard InChI is InChI=1S/C18H36O3/c1-2-3-4-5-6-7-8-9-10-11-12-13-15-20-16-14-17-21-18-19/h18H,2-17H2,1H3. The highest BCUT2D eigenvalue weighted by atomic mass is 16.5. The zero-order chi connectivity index (χ0) is 15.4. The van der Waals surface area contributed by atoms with Crippen LogP contribution >= 0.6 is 0 Å². The van der Waals surface area contributed by atoms with Gasteiger partial charge in [-0.3, -0.25) is 4.79 Å². The molecule has 126 valence electrons. The van der Waals surface area contributed by atoms with Crippen molar-refractivity contribution in [1.29, 1.82) is 0 Å². The first-order valence-electron chi connectivity index (χ1n) is 9.04. The molecule has 0 rings (SSSR count). The molecule has 3 heteroatoms. The van der Waals surface area contributed by atoms with Crippen molar-refractivity contribution in [1.82, 2.24) is 0 Å².